The summed E-state index contributed by atoms with van der Waals surface area (Å²) in [6.07, 6.45) is 1.39. The quantitative estimate of drug-likeness (QED) is 0.720. The molecule has 2 rings (SSSR count). The fraction of sp³-hybridized carbons (Fsp3) is 0.438. The number of aromatic nitrogens is 3. The van der Waals surface area contributed by atoms with E-state index in [1.54, 1.807) is 6.92 Å². The highest BCUT2D eigenvalue weighted by Gasteiger charge is 2.17. The van der Waals surface area contributed by atoms with Gasteiger partial charge in [0.1, 0.15) is 12.4 Å². The number of amides is 1. The topological polar surface area (TPSA) is 108 Å². The molecule has 0 aliphatic rings. The summed E-state index contributed by atoms with van der Waals surface area (Å²) in [6, 6.07) is 0. The lowest BCUT2D eigenvalue weighted by Crippen LogP contribution is -2.48. The van der Waals surface area contributed by atoms with Crippen LogP contribution in [0, 0.1) is 5.92 Å². The molecule has 10 heteroatoms. The maximum atomic E-state index is 12.7. The number of carbonyl (C=O) groups is 1. The normalized spacial score (nSPS) is 11.8. The van der Waals surface area contributed by atoms with Gasteiger partial charge in [0.2, 0.25) is 0 Å². The van der Waals surface area contributed by atoms with E-state index in [1.807, 2.05) is 13.8 Å². The monoisotopic (exact) mass is 379 g/mol. The van der Waals surface area contributed by atoms with Gasteiger partial charge in [-0.25, -0.2) is 9.78 Å². The van der Waals surface area contributed by atoms with Crippen molar-refractivity contribution >= 4 is 23.0 Å². The van der Waals surface area contributed by atoms with Crippen LogP contribution < -0.4 is 16.7 Å². The number of carbonyl (C=O) groups excluding carboxylic acids is 1. The third kappa shape index (κ3) is 4.52. The van der Waals surface area contributed by atoms with Gasteiger partial charge in [0.25, 0.3) is 11.5 Å². The van der Waals surface area contributed by atoms with Crippen LogP contribution in [-0.4, -0.2) is 39.5 Å². The lowest BCUT2D eigenvalue weighted by atomic mass is 10.2. The van der Waals surface area contributed by atoms with Crippen LogP contribution in [0.25, 0.3) is 0 Å². The van der Waals surface area contributed by atoms with Crippen molar-refractivity contribution in [2.24, 2.45) is 10.9 Å². The zero-order chi connectivity index (χ0) is 19.3. The van der Waals surface area contributed by atoms with Crippen LogP contribution in [0.15, 0.2) is 31.7 Å². The van der Waals surface area contributed by atoms with Gasteiger partial charge in [-0.2, -0.15) is 4.68 Å². The number of hydrogen-bond donors (Lipinski definition) is 1. The maximum absolute atomic E-state index is 12.7. The number of nitrogens with zero attached hydrogens (tertiary/aromatic N) is 4. The second kappa shape index (κ2) is 8.68. The van der Waals surface area contributed by atoms with Crippen LogP contribution in [-0.2, 0) is 11.5 Å². The second-order valence-electron chi connectivity index (χ2n) is 5.99. The van der Waals surface area contributed by atoms with Crippen LogP contribution in [0.1, 0.15) is 36.8 Å². The molecule has 0 unspecified atom stereocenters. The molecule has 0 aromatic carbocycles. The summed E-state index contributed by atoms with van der Waals surface area (Å²) in [5.74, 6) is -0.329. The summed E-state index contributed by atoms with van der Waals surface area (Å²) in [6.45, 7) is 6.17. The van der Waals surface area contributed by atoms with Gasteiger partial charge in [-0.3, -0.25) is 24.6 Å². The summed E-state index contributed by atoms with van der Waals surface area (Å²) in [7, 11) is 1.43. The van der Waals surface area contributed by atoms with Gasteiger partial charge in [-0.15, -0.1) is 11.3 Å². The maximum Gasteiger partial charge on any atom is 0.352 e. The van der Waals surface area contributed by atoms with Gasteiger partial charge in [-0.05, 0) is 12.8 Å². The molecule has 0 bridgehead atoms. The molecule has 0 atom stereocenters. The Morgan fingerprint density at radius 2 is 2.15 bits per heavy atom. The molecular formula is C16H21N5O4S. The first-order valence-corrected chi connectivity index (χ1v) is 8.85. The average Bonchev–Trinajstić information content (AvgIpc) is 3.13. The van der Waals surface area contributed by atoms with Crippen LogP contribution in [0.3, 0.4) is 0 Å². The minimum absolute atomic E-state index is 0.0733. The highest BCUT2D eigenvalue weighted by Crippen LogP contribution is 2.01. The summed E-state index contributed by atoms with van der Waals surface area (Å²) < 4.78 is 6.84. The van der Waals surface area contributed by atoms with Crippen molar-refractivity contribution in [2.45, 2.75) is 27.5 Å². The summed E-state index contributed by atoms with van der Waals surface area (Å²) in [4.78, 5) is 45.7. The molecule has 26 heavy (non-hydrogen) atoms. The smallest absolute Gasteiger partial charge is 0.352 e. The second-order valence-corrected chi connectivity index (χ2v) is 6.71. The molecule has 2 aromatic rings. The molecule has 140 valence electrons. The van der Waals surface area contributed by atoms with Crippen molar-refractivity contribution in [2.75, 3.05) is 19.1 Å². The Bertz CT molecular complexity index is 912. The van der Waals surface area contributed by atoms with Crippen molar-refractivity contribution in [3.8, 4) is 0 Å². The first kappa shape index (κ1) is 19.7. The number of nitrogens with one attached hydrogen (secondary N) is 1. The molecule has 0 fully saturated rings. The van der Waals surface area contributed by atoms with E-state index in [0.29, 0.717) is 22.9 Å². The SMILES string of the molecule is COCn1cc(/C(C)=N/CC(C)C)c(=O)n(NC(=O)c2cscn2)c1=O. The number of hydrogen-bond acceptors (Lipinski definition) is 7. The molecule has 1 amide bonds. The summed E-state index contributed by atoms with van der Waals surface area (Å²) in [5.41, 5.74) is 3.22. The fourth-order valence-corrected chi connectivity index (χ4v) is 2.60. The standard InChI is InChI=1S/C16H21N5O4S/c1-10(2)5-17-11(3)12-6-20(9-25-4)16(24)21(15(12)23)19-14(22)13-7-26-8-18-13/h6-8,10H,5,9H2,1-4H3,(H,19,22)/b17-11+. The Morgan fingerprint density at radius 1 is 1.42 bits per heavy atom. The van der Waals surface area contributed by atoms with E-state index in [9.17, 15) is 14.4 Å². The van der Waals surface area contributed by atoms with Crippen molar-refractivity contribution in [1.29, 1.82) is 0 Å². The molecule has 2 heterocycles. The van der Waals surface area contributed by atoms with Crippen LogP contribution in [0.4, 0.5) is 0 Å². The highest BCUT2D eigenvalue weighted by molar-refractivity contribution is 7.07. The fourth-order valence-electron chi connectivity index (χ4n) is 2.07. The minimum Gasteiger partial charge on any atom is -0.364 e. The first-order valence-electron chi connectivity index (χ1n) is 7.91. The van der Waals surface area contributed by atoms with E-state index < -0.39 is 17.2 Å². The van der Waals surface area contributed by atoms with Gasteiger partial charge in [0.15, 0.2) is 0 Å². The van der Waals surface area contributed by atoms with E-state index in [0.717, 1.165) is 0 Å². The Morgan fingerprint density at radius 3 is 2.73 bits per heavy atom. The number of aliphatic imine (C=N–C) groups is 1. The first-order chi connectivity index (χ1) is 12.3. The van der Waals surface area contributed by atoms with E-state index >= 15 is 0 Å². The number of rotatable bonds is 7. The Labute approximate surface area is 154 Å². The van der Waals surface area contributed by atoms with Crippen molar-refractivity contribution < 1.29 is 9.53 Å². The number of ether oxygens (including phenoxy) is 1. The third-order valence-electron chi connectivity index (χ3n) is 3.39. The molecule has 2 aromatic heterocycles. The van der Waals surface area contributed by atoms with E-state index in [4.69, 9.17) is 4.74 Å². The highest BCUT2D eigenvalue weighted by atomic mass is 32.1. The van der Waals surface area contributed by atoms with E-state index in [-0.39, 0.29) is 18.0 Å². The summed E-state index contributed by atoms with van der Waals surface area (Å²) in [5, 5.41) is 1.52. The van der Waals surface area contributed by atoms with Gasteiger partial charge >= 0.3 is 5.69 Å². The van der Waals surface area contributed by atoms with Gasteiger partial charge < -0.3 is 4.74 Å². The van der Waals surface area contributed by atoms with Gasteiger partial charge in [0.05, 0.1) is 11.1 Å². The van der Waals surface area contributed by atoms with Crippen LogP contribution in [0.2, 0.25) is 0 Å². The largest absolute Gasteiger partial charge is 0.364 e. The minimum atomic E-state index is -0.721. The number of thiazole rings is 1. The Balaban J connectivity index is 2.52. The lowest BCUT2D eigenvalue weighted by Gasteiger charge is -2.13. The molecule has 1 N–H and O–H groups in total. The Kier molecular flexibility index (Phi) is 6.58. The van der Waals surface area contributed by atoms with Crippen LogP contribution >= 0.6 is 11.3 Å². The van der Waals surface area contributed by atoms with E-state index in [1.165, 1.54) is 40.1 Å². The molecule has 0 aliphatic heterocycles. The molecule has 0 spiro atoms. The van der Waals surface area contributed by atoms with Crippen LogP contribution in [0.5, 0.6) is 0 Å². The zero-order valence-corrected chi connectivity index (χ0v) is 15.9. The lowest BCUT2D eigenvalue weighted by molar-refractivity contribution is 0.0997. The van der Waals surface area contributed by atoms with Crippen molar-refractivity contribution in [3.63, 3.8) is 0 Å². The predicted octanol–water partition coefficient (Wildman–Crippen LogP) is 0.919. The van der Waals surface area contributed by atoms with Gasteiger partial charge in [0, 0.05) is 30.9 Å². The van der Waals surface area contributed by atoms with Crippen molar-refractivity contribution in [1.82, 2.24) is 14.2 Å². The summed E-state index contributed by atoms with van der Waals surface area (Å²) >= 11 is 1.23. The molecule has 0 saturated carbocycles. The zero-order valence-electron chi connectivity index (χ0n) is 15.1. The molecule has 9 nitrogen and oxygen atoms in total. The third-order valence-corrected chi connectivity index (χ3v) is 3.97. The number of methoxy groups -OCH3 is 1. The molecular weight excluding hydrogens is 358 g/mol. The average molecular weight is 379 g/mol. The van der Waals surface area contributed by atoms with Crippen molar-refractivity contribution in [3.05, 3.63) is 49.2 Å². The molecule has 0 saturated heterocycles. The molecule has 0 radical (unpaired) electrons. The van der Waals surface area contributed by atoms with Gasteiger partial charge in [-0.1, -0.05) is 13.8 Å². The Hall–Kier alpha value is -2.59. The van der Waals surface area contributed by atoms with E-state index in [2.05, 4.69) is 15.4 Å². The molecule has 0 aliphatic carbocycles. The predicted molar refractivity (Wildman–Crippen MR) is 99.7 cm³/mol.